The molecule has 0 saturated heterocycles. The van der Waals surface area contributed by atoms with Crippen LogP contribution in [0.3, 0.4) is 0 Å². The summed E-state index contributed by atoms with van der Waals surface area (Å²) >= 11 is 0. The average molecular weight is 483 g/mol. The van der Waals surface area contributed by atoms with E-state index in [9.17, 15) is 0 Å². The summed E-state index contributed by atoms with van der Waals surface area (Å²) < 4.78 is 16.3. The van der Waals surface area contributed by atoms with Gasteiger partial charge in [-0.1, -0.05) is 129 Å². The van der Waals surface area contributed by atoms with E-state index in [1.165, 1.54) is 103 Å². The lowest BCUT2D eigenvalue weighted by Gasteiger charge is -2.16. The molecule has 0 aliphatic heterocycles. The molecule has 0 aromatic rings. The van der Waals surface area contributed by atoms with Crippen molar-refractivity contribution in [3.63, 3.8) is 0 Å². The van der Waals surface area contributed by atoms with Crippen LogP contribution in [0.2, 0.25) is 0 Å². The van der Waals surface area contributed by atoms with Gasteiger partial charge in [-0.2, -0.15) is 0 Å². The van der Waals surface area contributed by atoms with Crippen LogP contribution in [0.4, 0.5) is 0 Å². The zero-order valence-corrected chi connectivity index (χ0v) is 22.4. The van der Waals surface area contributed by atoms with Crippen molar-refractivity contribution < 1.29 is 23.1 Å². The van der Waals surface area contributed by atoms with Gasteiger partial charge in [0.1, 0.15) is 0 Å². The molecule has 7 heteroatoms. The van der Waals surface area contributed by atoms with E-state index >= 15 is 0 Å². The van der Waals surface area contributed by atoms with Crippen LogP contribution in [0.25, 0.3) is 0 Å². The van der Waals surface area contributed by atoms with E-state index in [0.29, 0.717) is 13.2 Å². The van der Waals surface area contributed by atoms with Gasteiger partial charge in [0, 0.05) is 0 Å². The van der Waals surface area contributed by atoms with Crippen LogP contribution in [0.15, 0.2) is 0 Å². The SMILES string of the molecule is CCCCCCCCCCCCOP(OCCCCCCCCCCCC)OP(O)O. The predicted molar refractivity (Wildman–Crippen MR) is 135 cm³/mol. The first-order valence-corrected chi connectivity index (χ1v) is 15.4. The van der Waals surface area contributed by atoms with Crippen molar-refractivity contribution in [3.8, 4) is 0 Å². The summed E-state index contributed by atoms with van der Waals surface area (Å²) in [6, 6.07) is 0. The molecule has 0 spiro atoms. The number of hydrogen-bond donors (Lipinski definition) is 2. The molecule has 0 atom stereocenters. The van der Waals surface area contributed by atoms with Gasteiger partial charge in [-0.25, -0.2) is 4.31 Å². The Labute approximate surface area is 196 Å². The van der Waals surface area contributed by atoms with Gasteiger partial charge in [-0.05, 0) is 12.8 Å². The third-order valence-electron chi connectivity index (χ3n) is 5.53. The largest absolute Gasteiger partial charge is 0.339 e. The smallest absolute Gasteiger partial charge is 0.328 e. The van der Waals surface area contributed by atoms with E-state index in [0.717, 1.165) is 25.7 Å². The summed E-state index contributed by atoms with van der Waals surface area (Å²) in [7, 11) is -4.08. The molecule has 0 saturated carbocycles. The molecule has 188 valence electrons. The minimum absolute atomic E-state index is 0.559. The monoisotopic (exact) mass is 482 g/mol. The summed E-state index contributed by atoms with van der Waals surface area (Å²) in [5.74, 6) is 0. The van der Waals surface area contributed by atoms with Crippen LogP contribution >= 0.6 is 17.2 Å². The van der Waals surface area contributed by atoms with Crippen molar-refractivity contribution in [2.45, 2.75) is 142 Å². The molecule has 0 bridgehead atoms. The van der Waals surface area contributed by atoms with Crippen molar-refractivity contribution in [2.75, 3.05) is 13.2 Å². The lowest BCUT2D eigenvalue weighted by Crippen LogP contribution is -1.97. The van der Waals surface area contributed by atoms with Gasteiger partial charge in [0.15, 0.2) is 0 Å². The first-order valence-electron chi connectivity index (χ1n) is 13.1. The Morgan fingerprint density at radius 3 is 1.03 bits per heavy atom. The molecule has 0 aliphatic carbocycles. The average Bonchev–Trinajstić information content (AvgIpc) is 2.75. The van der Waals surface area contributed by atoms with E-state index in [1.807, 2.05) is 0 Å². The van der Waals surface area contributed by atoms with Gasteiger partial charge >= 0.3 is 17.2 Å². The molecule has 31 heavy (non-hydrogen) atoms. The highest BCUT2D eigenvalue weighted by molar-refractivity contribution is 7.54. The Balaban J connectivity index is 3.53. The third-order valence-corrected chi connectivity index (χ3v) is 7.43. The molecule has 0 fully saturated rings. The lowest BCUT2D eigenvalue weighted by molar-refractivity contribution is 0.192. The second-order valence-electron chi connectivity index (χ2n) is 8.59. The first kappa shape index (κ1) is 31.7. The molecule has 0 aromatic heterocycles. The standard InChI is InChI=1S/C24H52O5P2/c1-3-5-7-9-11-13-15-17-19-21-23-27-31(29-30(25)26)28-24-22-20-18-16-14-12-10-8-6-4-2/h25-26H,3-24H2,1-2H3. The van der Waals surface area contributed by atoms with Crippen molar-refractivity contribution in [1.82, 2.24) is 0 Å². The Bertz CT molecular complexity index is 309. The van der Waals surface area contributed by atoms with E-state index < -0.39 is 17.2 Å². The van der Waals surface area contributed by atoms with Gasteiger partial charge in [0.2, 0.25) is 0 Å². The molecule has 0 aliphatic rings. The number of rotatable bonds is 26. The van der Waals surface area contributed by atoms with Crippen LogP contribution in [-0.2, 0) is 13.4 Å². The van der Waals surface area contributed by atoms with Crippen molar-refractivity contribution in [1.29, 1.82) is 0 Å². The predicted octanol–water partition coefficient (Wildman–Crippen LogP) is 9.32. The van der Waals surface area contributed by atoms with Crippen LogP contribution in [-0.4, -0.2) is 23.0 Å². The lowest BCUT2D eigenvalue weighted by atomic mass is 10.1. The van der Waals surface area contributed by atoms with E-state index in [1.54, 1.807) is 0 Å². The minimum atomic E-state index is -2.44. The van der Waals surface area contributed by atoms with Gasteiger partial charge < -0.3 is 18.8 Å². The molecule has 0 rings (SSSR count). The maximum Gasteiger partial charge on any atom is 0.339 e. The van der Waals surface area contributed by atoms with Gasteiger partial charge in [0.05, 0.1) is 13.2 Å². The van der Waals surface area contributed by atoms with Gasteiger partial charge in [-0.15, -0.1) is 0 Å². The number of unbranched alkanes of at least 4 members (excludes halogenated alkanes) is 18. The van der Waals surface area contributed by atoms with Crippen LogP contribution in [0.5, 0.6) is 0 Å². The second-order valence-corrected chi connectivity index (χ2v) is 10.7. The first-order chi connectivity index (χ1) is 15.2. The van der Waals surface area contributed by atoms with E-state index in [-0.39, 0.29) is 0 Å². The highest BCUT2D eigenvalue weighted by Crippen LogP contribution is 2.50. The second kappa shape index (κ2) is 26.9. The zero-order valence-electron chi connectivity index (χ0n) is 20.6. The third kappa shape index (κ3) is 26.8. The summed E-state index contributed by atoms with van der Waals surface area (Å²) in [5, 5.41) is 0. The quantitative estimate of drug-likeness (QED) is 0.0949. The normalized spacial score (nSPS) is 11.8. The molecule has 0 radical (unpaired) electrons. The highest BCUT2D eigenvalue weighted by Gasteiger charge is 2.17. The molecule has 0 amide bonds. The highest BCUT2D eigenvalue weighted by atomic mass is 31.2. The number of hydrogen-bond acceptors (Lipinski definition) is 5. The Hall–Kier alpha value is 0.660. The molecule has 0 heterocycles. The fourth-order valence-electron chi connectivity index (χ4n) is 3.60. The zero-order chi connectivity index (χ0) is 22.8. The molecular weight excluding hydrogens is 430 g/mol. The summed E-state index contributed by atoms with van der Waals surface area (Å²) in [5.41, 5.74) is 0. The molecule has 0 unspecified atom stereocenters. The Morgan fingerprint density at radius 2 is 0.742 bits per heavy atom. The fraction of sp³-hybridized carbons (Fsp3) is 1.00. The van der Waals surface area contributed by atoms with Gasteiger partial charge in [0.25, 0.3) is 0 Å². The molecular formula is C24H52O5P2. The summed E-state index contributed by atoms with van der Waals surface area (Å²) in [6.07, 6.45) is 25.5. The van der Waals surface area contributed by atoms with Crippen molar-refractivity contribution in [3.05, 3.63) is 0 Å². The minimum Gasteiger partial charge on any atom is -0.328 e. The summed E-state index contributed by atoms with van der Waals surface area (Å²) in [4.78, 5) is 18.3. The van der Waals surface area contributed by atoms with E-state index in [4.69, 9.17) is 23.1 Å². The molecule has 2 N–H and O–H groups in total. The van der Waals surface area contributed by atoms with Gasteiger partial charge in [-0.3, -0.25) is 0 Å². The summed E-state index contributed by atoms with van der Waals surface area (Å²) in [6.45, 7) is 5.63. The molecule has 5 nitrogen and oxygen atoms in total. The van der Waals surface area contributed by atoms with Crippen LogP contribution in [0, 0.1) is 0 Å². The topological polar surface area (TPSA) is 68.2 Å². The van der Waals surface area contributed by atoms with Crippen molar-refractivity contribution in [2.24, 2.45) is 0 Å². The fourth-order valence-corrected chi connectivity index (χ4v) is 5.09. The molecule has 0 aromatic carbocycles. The van der Waals surface area contributed by atoms with Crippen LogP contribution in [0.1, 0.15) is 142 Å². The van der Waals surface area contributed by atoms with Crippen molar-refractivity contribution >= 4 is 17.2 Å². The maximum atomic E-state index is 9.13. The maximum absolute atomic E-state index is 9.13. The Kier molecular flexibility index (Phi) is 27.5. The van der Waals surface area contributed by atoms with E-state index in [2.05, 4.69) is 13.8 Å². The van der Waals surface area contributed by atoms with Crippen LogP contribution < -0.4 is 0 Å². The Morgan fingerprint density at radius 1 is 0.452 bits per heavy atom.